The Balaban J connectivity index is 1.53. The minimum Gasteiger partial charge on any atom is -0.511 e. The van der Waals surface area contributed by atoms with Crippen molar-refractivity contribution in [2.45, 2.75) is 43.4 Å². The molecule has 1 fully saturated rings. The normalized spacial score (nSPS) is 15.7. The number of nitrogens with zero attached hydrogens (tertiary/aromatic N) is 1. The van der Waals surface area contributed by atoms with Crippen molar-refractivity contribution in [3.63, 3.8) is 0 Å². The highest BCUT2D eigenvalue weighted by Gasteiger charge is 2.71. The van der Waals surface area contributed by atoms with Crippen molar-refractivity contribution in [2.75, 3.05) is 25.0 Å². The summed E-state index contributed by atoms with van der Waals surface area (Å²) < 4.78 is 84.4. The molecule has 2 aromatic rings. The predicted octanol–water partition coefficient (Wildman–Crippen LogP) is 5.24. The van der Waals surface area contributed by atoms with Gasteiger partial charge in [-0.2, -0.15) is 26.3 Å². The van der Waals surface area contributed by atoms with E-state index in [0.29, 0.717) is 61.6 Å². The zero-order valence-electron chi connectivity index (χ0n) is 20.1. The lowest BCUT2D eigenvalue weighted by molar-refractivity contribution is -0.376. The first-order valence-corrected chi connectivity index (χ1v) is 11.5. The zero-order chi connectivity index (χ0) is 28.1. The Morgan fingerprint density at radius 1 is 1.03 bits per heavy atom. The molecule has 1 aliphatic heterocycles. The average Bonchev–Trinajstić information content (AvgIpc) is 2.83. The number of amides is 2. The standard InChI is InChI=1S/C25H27F6N3O4/c1-16(35)14-32-22(36)33-19-3-2-4-21(13-19)38-20-9-11-34(12-10-20)15-17-5-7-18(8-6-17)23(37,24(26,27)28)25(29,30)31/h2-8,13,20,35,37H,1,9-12,14-15H2,(H2,32,33,36). The number of aliphatic hydroxyl groups is 2. The lowest BCUT2D eigenvalue weighted by Gasteiger charge is -2.33. The molecule has 1 saturated heterocycles. The summed E-state index contributed by atoms with van der Waals surface area (Å²) in [5, 5.41) is 23.6. The Morgan fingerprint density at radius 3 is 2.18 bits per heavy atom. The Bertz CT molecular complexity index is 1100. The molecule has 38 heavy (non-hydrogen) atoms. The molecule has 3 rings (SSSR count). The molecule has 4 N–H and O–H groups in total. The molecular formula is C25H27F6N3O4. The summed E-state index contributed by atoms with van der Waals surface area (Å²) in [5.41, 5.74) is -5.25. The van der Waals surface area contributed by atoms with Crippen LogP contribution in [0.5, 0.6) is 5.75 Å². The quantitative estimate of drug-likeness (QED) is 0.268. The van der Waals surface area contributed by atoms with Gasteiger partial charge in [0.1, 0.15) is 17.6 Å². The maximum atomic E-state index is 13.1. The molecule has 7 nitrogen and oxygen atoms in total. The molecule has 0 spiro atoms. The highest BCUT2D eigenvalue weighted by Crippen LogP contribution is 2.50. The number of carbonyl (C=O) groups excluding carboxylic acids is 1. The lowest BCUT2D eigenvalue weighted by atomic mass is 9.91. The van der Waals surface area contributed by atoms with Crippen LogP contribution in [0.2, 0.25) is 0 Å². The number of aliphatic hydroxyl groups excluding tert-OH is 1. The van der Waals surface area contributed by atoms with Gasteiger partial charge in [0.15, 0.2) is 0 Å². The second kappa shape index (κ2) is 11.5. The number of piperidine rings is 1. The van der Waals surface area contributed by atoms with E-state index in [2.05, 4.69) is 17.2 Å². The van der Waals surface area contributed by atoms with Crippen LogP contribution in [0.3, 0.4) is 0 Å². The minimum atomic E-state index is -5.92. The first kappa shape index (κ1) is 29.1. The Hall–Kier alpha value is -3.45. The number of rotatable bonds is 8. The van der Waals surface area contributed by atoms with Crippen LogP contribution in [-0.2, 0) is 12.1 Å². The fourth-order valence-corrected chi connectivity index (χ4v) is 3.98. The van der Waals surface area contributed by atoms with Gasteiger partial charge in [0, 0.05) is 37.0 Å². The van der Waals surface area contributed by atoms with Crippen molar-refractivity contribution in [3.8, 4) is 5.75 Å². The molecule has 0 aromatic heterocycles. The number of alkyl halides is 6. The SMILES string of the molecule is C=C(O)CNC(=O)Nc1cccc(OC2CCN(Cc3ccc(C(O)(C(F)(F)F)C(F)(F)F)cc3)CC2)c1. The molecule has 0 saturated carbocycles. The number of nitrogens with one attached hydrogen (secondary N) is 2. The number of carbonyl (C=O) groups is 1. The highest BCUT2D eigenvalue weighted by molar-refractivity contribution is 5.89. The largest absolute Gasteiger partial charge is 0.511 e. The third-order valence-electron chi connectivity index (χ3n) is 5.98. The Labute approximate surface area is 214 Å². The summed E-state index contributed by atoms with van der Waals surface area (Å²) in [6.07, 6.45) is -10.7. The monoisotopic (exact) mass is 547 g/mol. The third-order valence-corrected chi connectivity index (χ3v) is 5.98. The Kier molecular flexibility index (Phi) is 8.82. The lowest BCUT2D eigenvalue weighted by Crippen LogP contribution is -2.53. The van der Waals surface area contributed by atoms with Crippen LogP contribution in [0.15, 0.2) is 60.9 Å². The summed E-state index contributed by atoms with van der Waals surface area (Å²) in [6, 6.07) is 9.80. The number of urea groups is 1. The van der Waals surface area contributed by atoms with E-state index in [0.717, 1.165) is 12.1 Å². The van der Waals surface area contributed by atoms with Gasteiger partial charge in [0.2, 0.25) is 0 Å². The molecule has 2 amide bonds. The molecule has 13 heteroatoms. The van der Waals surface area contributed by atoms with Gasteiger partial charge in [-0.25, -0.2) is 4.79 Å². The van der Waals surface area contributed by atoms with Crippen molar-refractivity contribution in [1.29, 1.82) is 0 Å². The van der Waals surface area contributed by atoms with E-state index < -0.39 is 29.5 Å². The second-order valence-corrected chi connectivity index (χ2v) is 8.90. The van der Waals surface area contributed by atoms with Crippen molar-refractivity contribution in [1.82, 2.24) is 10.2 Å². The molecule has 2 aromatic carbocycles. The Morgan fingerprint density at radius 2 is 1.63 bits per heavy atom. The minimum absolute atomic E-state index is 0.0892. The highest BCUT2D eigenvalue weighted by atomic mass is 19.4. The van der Waals surface area contributed by atoms with Gasteiger partial charge in [-0.1, -0.05) is 36.9 Å². The molecule has 0 atom stereocenters. The van der Waals surface area contributed by atoms with E-state index in [9.17, 15) is 36.2 Å². The van der Waals surface area contributed by atoms with Crippen LogP contribution < -0.4 is 15.4 Å². The fourth-order valence-electron chi connectivity index (χ4n) is 3.98. The van der Waals surface area contributed by atoms with Gasteiger partial charge in [-0.3, -0.25) is 4.90 Å². The van der Waals surface area contributed by atoms with Crippen LogP contribution in [0, 0.1) is 0 Å². The third kappa shape index (κ3) is 7.10. The summed E-state index contributed by atoms with van der Waals surface area (Å²) in [7, 11) is 0. The summed E-state index contributed by atoms with van der Waals surface area (Å²) >= 11 is 0. The molecule has 0 bridgehead atoms. The molecule has 1 aliphatic rings. The van der Waals surface area contributed by atoms with Crippen LogP contribution in [0.25, 0.3) is 0 Å². The van der Waals surface area contributed by atoms with Crippen molar-refractivity contribution in [3.05, 3.63) is 72.0 Å². The topological polar surface area (TPSA) is 94.1 Å². The molecule has 0 aliphatic carbocycles. The smallest absolute Gasteiger partial charge is 0.430 e. The van der Waals surface area contributed by atoms with E-state index in [1.54, 1.807) is 24.3 Å². The zero-order valence-corrected chi connectivity index (χ0v) is 20.1. The summed E-state index contributed by atoms with van der Waals surface area (Å²) in [6.45, 7) is 4.64. The number of benzene rings is 2. The number of anilines is 1. The second-order valence-electron chi connectivity index (χ2n) is 8.90. The fraction of sp³-hybridized carbons (Fsp3) is 0.400. The molecule has 0 unspecified atom stereocenters. The van der Waals surface area contributed by atoms with Crippen LogP contribution in [0.4, 0.5) is 36.8 Å². The number of hydrogen-bond acceptors (Lipinski definition) is 5. The molecule has 0 radical (unpaired) electrons. The molecule has 208 valence electrons. The number of halogens is 6. The van der Waals surface area contributed by atoms with Crippen LogP contribution >= 0.6 is 0 Å². The number of ether oxygens (including phenoxy) is 1. The van der Waals surface area contributed by atoms with Crippen molar-refractivity contribution < 1.29 is 46.1 Å². The maximum Gasteiger partial charge on any atom is 0.430 e. The summed E-state index contributed by atoms with van der Waals surface area (Å²) in [5.74, 6) is 0.348. The van der Waals surface area contributed by atoms with Crippen LogP contribution in [0.1, 0.15) is 24.0 Å². The van der Waals surface area contributed by atoms with Gasteiger partial charge in [-0.05, 0) is 30.5 Å². The molecule has 1 heterocycles. The van der Waals surface area contributed by atoms with E-state index in [1.165, 1.54) is 0 Å². The van der Waals surface area contributed by atoms with Gasteiger partial charge >= 0.3 is 18.4 Å². The van der Waals surface area contributed by atoms with Crippen molar-refractivity contribution >= 4 is 11.7 Å². The van der Waals surface area contributed by atoms with E-state index in [1.807, 2.05) is 4.90 Å². The summed E-state index contributed by atoms with van der Waals surface area (Å²) in [4.78, 5) is 13.8. The molecular weight excluding hydrogens is 520 g/mol. The van der Waals surface area contributed by atoms with E-state index >= 15 is 0 Å². The van der Waals surface area contributed by atoms with Gasteiger partial charge in [-0.15, -0.1) is 0 Å². The first-order chi connectivity index (χ1) is 17.7. The van der Waals surface area contributed by atoms with Gasteiger partial charge in [0.25, 0.3) is 5.60 Å². The number of hydrogen-bond donors (Lipinski definition) is 4. The van der Waals surface area contributed by atoms with Gasteiger partial charge in [0.05, 0.1) is 6.54 Å². The van der Waals surface area contributed by atoms with Gasteiger partial charge < -0.3 is 25.6 Å². The maximum absolute atomic E-state index is 13.1. The van der Waals surface area contributed by atoms with E-state index in [-0.39, 0.29) is 18.4 Å². The van der Waals surface area contributed by atoms with Crippen LogP contribution in [-0.4, -0.2) is 59.2 Å². The first-order valence-electron chi connectivity index (χ1n) is 11.5. The number of likely N-dealkylation sites (tertiary alicyclic amines) is 1. The van der Waals surface area contributed by atoms with Crippen molar-refractivity contribution in [2.24, 2.45) is 0 Å². The predicted molar refractivity (Wildman–Crippen MR) is 127 cm³/mol. The average molecular weight is 547 g/mol. The van der Waals surface area contributed by atoms with E-state index in [4.69, 9.17) is 9.84 Å².